The summed E-state index contributed by atoms with van der Waals surface area (Å²) in [4.78, 5) is 36.7. The predicted octanol–water partition coefficient (Wildman–Crippen LogP) is 3.06. The summed E-state index contributed by atoms with van der Waals surface area (Å²) in [6.07, 6.45) is -0.392. The lowest BCUT2D eigenvalue weighted by atomic mass is 9.87. The molecule has 0 heterocycles. The molecule has 0 radical (unpaired) electrons. The fraction of sp³-hybridized carbons (Fsp3) is 0.812. The van der Waals surface area contributed by atoms with Crippen LogP contribution in [0.4, 0.5) is 0 Å². The van der Waals surface area contributed by atoms with Gasteiger partial charge in [-0.15, -0.1) is 0 Å². The van der Waals surface area contributed by atoms with Crippen molar-refractivity contribution in [3.8, 4) is 0 Å². The zero-order valence-electron chi connectivity index (χ0n) is 15.6. The van der Waals surface area contributed by atoms with Gasteiger partial charge in [0.25, 0.3) is 14.3 Å². The third-order valence-corrected chi connectivity index (χ3v) is 8.48. The summed E-state index contributed by atoms with van der Waals surface area (Å²) >= 11 is 0. The largest absolute Gasteiger partial charge is 0.519 e. The minimum atomic E-state index is -2.33. The number of carbonyl (C=O) groups excluding carboxylic acids is 3. The van der Waals surface area contributed by atoms with E-state index in [1.807, 2.05) is 33.9 Å². The maximum absolute atomic E-state index is 12.3. The van der Waals surface area contributed by atoms with Crippen molar-refractivity contribution in [2.24, 2.45) is 5.41 Å². The molecule has 23 heavy (non-hydrogen) atoms. The van der Waals surface area contributed by atoms with E-state index < -0.39 is 38.1 Å². The number of esters is 2. The average Bonchev–Trinajstić information content (AvgIpc) is 2.36. The minimum Gasteiger partial charge on any atom is -0.519 e. The second-order valence-corrected chi connectivity index (χ2v) is 11.9. The van der Waals surface area contributed by atoms with Crippen LogP contribution in [-0.2, 0) is 28.3 Å². The molecule has 0 bridgehead atoms. The molecule has 0 unspecified atom stereocenters. The number of carbonyl (C=O) groups is 3. The molecule has 0 aromatic heterocycles. The Morgan fingerprint density at radius 2 is 1.26 bits per heavy atom. The van der Waals surface area contributed by atoms with E-state index in [1.54, 1.807) is 13.8 Å². The molecular formula is C16H30O6Si. The first-order valence-corrected chi connectivity index (χ1v) is 10.8. The van der Waals surface area contributed by atoms with Crippen molar-refractivity contribution >= 4 is 26.2 Å². The van der Waals surface area contributed by atoms with E-state index in [0.29, 0.717) is 0 Å². The molecule has 0 rings (SSSR count). The van der Waals surface area contributed by atoms with E-state index in [4.69, 9.17) is 13.9 Å². The van der Waals surface area contributed by atoms with E-state index in [0.717, 1.165) is 0 Å². The van der Waals surface area contributed by atoms with Crippen LogP contribution in [0.25, 0.3) is 0 Å². The van der Waals surface area contributed by atoms with E-state index in [1.165, 1.54) is 6.92 Å². The molecule has 0 amide bonds. The highest BCUT2D eigenvalue weighted by Gasteiger charge is 2.48. The monoisotopic (exact) mass is 346 g/mol. The van der Waals surface area contributed by atoms with Gasteiger partial charge in [0.05, 0.1) is 19.6 Å². The second-order valence-electron chi connectivity index (χ2n) is 7.18. The lowest BCUT2D eigenvalue weighted by Gasteiger charge is -2.36. The van der Waals surface area contributed by atoms with Crippen LogP contribution in [0.15, 0.2) is 0 Å². The average molecular weight is 346 g/mol. The van der Waals surface area contributed by atoms with Crippen molar-refractivity contribution in [2.75, 3.05) is 13.2 Å². The van der Waals surface area contributed by atoms with Crippen molar-refractivity contribution in [1.29, 1.82) is 0 Å². The standard InChI is InChI=1S/C16H30O6Si/c1-9-20-13(18)16(6,14(19)21-10-2)11-12(17)22-23(7,8)15(3,4)5/h9-11H2,1-8H3. The van der Waals surface area contributed by atoms with Crippen LogP contribution in [0.3, 0.4) is 0 Å². The van der Waals surface area contributed by atoms with E-state index in [9.17, 15) is 14.4 Å². The summed E-state index contributed by atoms with van der Waals surface area (Å²) in [5, 5.41) is -0.160. The van der Waals surface area contributed by atoms with Gasteiger partial charge < -0.3 is 13.9 Å². The van der Waals surface area contributed by atoms with Gasteiger partial charge in [-0.2, -0.15) is 0 Å². The summed E-state index contributed by atoms with van der Waals surface area (Å²) in [5.41, 5.74) is -1.69. The first-order valence-electron chi connectivity index (χ1n) is 7.88. The van der Waals surface area contributed by atoms with Crippen LogP contribution in [0.5, 0.6) is 0 Å². The fourth-order valence-electron chi connectivity index (χ4n) is 1.57. The van der Waals surface area contributed by atoms with Gasteiger partial charge in [0.1, 0.15) is 0 Å². The molecule has 0 N–H and O–H groups in total. The smallest absolute Gasteiger partial charge is 0.323 e. The molecule has 0 saturated carbocycles. The number of hydrogen-bond donors (Lipinski definition) is 0. The van der Waals surface area contributed by atoms with Gasteiger partial charge in [-0.1, -0.05) is 20.8 Å². The highest BCUT2D eigenvalue weighted by atomic mass is 28.4. The molecule has 0 aromatic carbocycles. The molecular weight excluding hydrogens is 316 g/mol. The summed E-state index contributed by atoms with van der Waals surface area (Å²) in [5.74, 6) is -2.13. The molecule has 0 fully saturated rings. The summed E-state index contributed by atoms with van der Waals surface area (Å²) in [6, 6.07) is 0. The molecule has 0 aliphatic carbocycles. The molecule has 0 saturated heterocycles. The van der Waals surface area contributed by atoms with Crippen LogP contribution in [-0.4, -0.2) is 39.4 Å². The predicted molar refractivity (Wildman–Crippen MR) is 89.3 cm³/mol. The molecule has 134 valence electrons. The first kappa shape index (κ1) is 21.6. The molecule has 0 aliphatic heterocycles. The Hall–Kier alpha value is -1.37. The zero-order chi connectivity index (χ0) is 18.5. The maximum Gasteiger partial charge on any atom is 0.323 e. The van der Waals surface area contributed by atoms with Crippen molar-refractivity contribution in [1.82, 2.24) is 0 Å². The Balaban J connectivity index is 5.29. The maximum atomic E-state index is 12.3. The molecule has 0 aliphatic rings. The van der Waals surface area contributed by atoms with Crippen LogP contribution in [0, 0.1) is 5.41 Å². The van der Waals surface area contributed by atoms with Gasteiger partial charge in [-0.25, -0.2) is 0 Å². The topological polar surface area (TPSA) is 78.9 Å². The van der Waals surface area contributed by atoms with E-state index in [-0.39, 0.29) is 18.3 Å². The van der Waals surface area contributed by atoms with Crippen molar-refractivity contribution < 1.29 is 28.3 Å². The molecule has 0 spiro atoms. The minimum absolute atomic E-state index is 0.116. The Kier molecular flexibility index (Phi) is 7.47. The summed E-state index contributed by atoms with van der Waals surface area (Å²) in [6.45, 7) is 14.7. The summed E-state index contributed by atoms with van der Waals surface area (Å²) < 4.78 is 15.5. The van der Waals surface area contributed by atoms with E-state index >= 15 is 0 Å². The van der Waals surface area contributed by atoms with Crippen molar-refractivity contribution in [3.63, 3.8) is 0 Å². The lowest BCUT2D eigenvalue weighted by molar-refractivity contribution is -0.174. The van der Waals surface area contributed by atoms with Crippen LogP contribution >= 0.6 is 0 Å². The van der Waals surface area contributed by atoms with Crippen molar-refractivity contribution in [2.45, 2.75) is 66.1 Å². The highest BCUT2D eigenvalue weighted by Crippen LogP contribution is 2.37. The third-order valence-electron chi connectivity index (χ3n) is 4.12. The second kappa shape index (κ2) is 7.94. The number of rotatable bonds is 7. The first-order chi connectivity index (χ1) is 10.3. The Morgan fingerprint density at radius 1 is 0.870 bits per heavy atom. The Labute approximate surface area is 140 Å². The lowest BCUT2D eigenvalue weighted by Crippen LogP contribution is -2.46. The van der Waals surface area contributed by atoms with Gasteiger partial charge >= 0.3 is 11.9 Å². The Morgan fingerprint density at radius 3 is 1.57 bits per heavy atom. The van der Waals surface area contributed by atoms with E-state index in [2.05, 4.69) is 0 Å². The number of ether oxygens (including phenoxy) is 2. The number of hydrogen-bond acceptors (Lipinski definition) is 6. The van der Waals surface area contributed by atoms with Crippen LogP contribution in [0.2, 0.25) is 18.1 Å². The van der Waals surface area contributed by atoms with Gasteiger partial charge in [-0.05, 0) is 38.9 Å². The highest BCUT2D eigenvalue weighted by molar-refractivity contribution is 6.75. The fourth-order valence-corrected chi connectivity index (χ4v) is 2.52. The quantitative estimate of drug-likeness (QED) is 0.400. The SMILES string of the molecule is CCOC(=O)C(C)(CC(=O)O[Si](C)(C)C(C)(C)C)C(=O)OCC. The normalized spacial score (nSPS) is 12.5. The molecule has 0 aromatic rings. The van der Waals surface area contributed by atoms with Crippen molar-refractivity contribution in [3.05, 3.63) is 0 Å². The summed E-state index contributed by atoms with van der Waals surface area (Å²) in [7, 11) is -2.33. The molecule has 0 atom stereocenters. The molecule has 7 heteroatoms. The van der Waals surface area contributed by atoms with Gasteiger partial charge in [-0.3, -0.25) is 14.4 Å². The van der Waals surface area contributed by atoms with Gasteiger partial charge in [0, 0.05) is 0 Å². The zero-order valence-corrected chi connectivity index (χ0v) is 16.6. The van der Waals surface area contributed by atoms with Crippen LogP contribution in [0.1, 0.15) is 48.0 Å². The van der Waals surface area contributed by atoms with Gasteiger partial charge in [0.15, 0.2) is 5.41 Å². The van der Waals surface area contributed by atoms with Crippen LogP contribution < -0.4 is 0 Å². The molecule has 6 nitrogen and oxygen atoms in total. The third kappa shape index (κ3) is 5.64. The van der Waals surface area contributed by atoms with Gasteiger partial charge in [0.2, 0.25) is 0 Å². The Bertz CT molecular complexity index is 432.